The average molecular weight is 509 g/mol. The lowest BCUT2D eigenvalue weighted by molar-refractivity contribution is -0.872. The molecule has 2 aromatic carbocycles. The first-order valence-electron chi connectivity index (χ1n) is 11.2. The summed E-state index contributed by atoms with van der Waals surface area (Å²) < 4.78 is -0.281. The van der Waals surface area contributed by atoms with Crippen LogP contribution in [-0.4, -0.2) is 39.6 Å². The number of primary amides is 1. The van der Waals surface area contributed by atoms with E-state index in [1.165, 1.54) is 0 Å². The minimum absolute atomic E-state index is 0.164. The topological polar surface area (TPSA) is 102 Å². The zero-order chi connectivity index (χ0) is 25.1. The summed E-state index contributed by atoms with van der Waals surface area (Å²) in [7, 11) is 0. The summed E-state index contributed by atoms with van der Waals surface area (Å²) in [6, 6.07) is 11.2. The summed E-state index contributed by atoms with van der Waals surface area (Å²) in [5, 5.41) is 12.0. The minimum Gasteiger partial charge on any atom is -0.375 e. The number of amides is 2. The zero-order valence-corrected chi connectivity index (χ0v) is 21.2. The van der Waals surface area contributed by atoms with Gasteiger partial charge in [-0.2, -0.15) is 5.48 Å². The van der Waals surface area contributed by atoms with E-state index in [1.54, 1.807) is 36.4 Å². The van der Waals surface area contributed by atoms with Crippen LogP contribution in [0, 0.1) is 0 Å². The number of hydrogen-bond acceptors (Lipinski definition) is 5. The van der Waals surface area contributed by atoms with Gasteiger partial charge in [0.2, 0.25) is 0 Å². The molecule has 1 unspecified atom stereocenters. The van der Waals surface area contributed by atoms with Gasteiger partial charge in [0.15, 0.2) is 12.1 Å². The Kier molecular flexibility index (Phi) is 8.39. The average Bonchev–Trinajstić information content (AvgIpc) is 3.18. The quantitative estimate of drug-likeness (QED) is 0.368. The SMILES string of the molecule is CC(C)(C)ONCc1ccc(Cl)cc1C[N+]1(C(=O)[C@H](O)c2cccc(Cl)c2)CCC[C@H]1C(N)=O. The molecule has 9 heteroatoms. The molecule has 1 aliphatic heterocycles. The molecule has 0 aliphatic carbocycles. The molecule has 0 aromatic heterocycles. The number of quaternary nitrogens is 1. The summed E-state index contributed by atoms with van der Waals surface area (Å²) in [5.41, 5.74) is 10.4. The third kappa shape index (κ3) is 6.16. The maximum absolute atomic E-state index is 13.8. The van der Waals surface area contributed by atoms with E-state index in [9.17, 15) is 14.7 Å². The number of nitrogens with two attached hydrogens (primary N) is 1. The number of nitrogens with zero attached hydrogens (tertiary/aromatic N) is 1. The van der Waals surface area contributed by atoms with Crippen LogP contribution in [0.4, 0.5) is 0 Å². The lowest BCUT2D eigenvalue weighted by Gasteiger charge is -2.38. The molecule has 2 aromatic rings. The van der Waals surface area contributed by atoms with Crippen molar-refractivity contribution in [1.29, 1.82) is 0 Å². The second-order valence-corrected chi connectivity index (χ2v) is 10.6. The second-order valence-electron chi connectivity index (χ2n) is 9.72. The Labute approximate surface area is 210 Å². The fourth-order valence-electron chi connectivity index (χ4n) is 4.50. The number of likely N-dealkylation sites (tertiary alicyclic amines) is 1. The van der Waals surface area contributed by atoms with Crippen LogP contribution in [0.1, 0.15) is 56.4 Å². The molecule has 1 saturated heterocycles. The first-order chi connectivity index (χ1) is 15.9. The summed E-state index contributed by atoms with van der Waals surface area (Å²) in [6.07, 6.45) is -0.364. The molecule has 184 valence electrons. The Morgan fingerprint density at radius 1 is 1.18 bits per heavy atom. The molecule has 34 heavy (non-hydrogen) atoms. The first kappa shape index (κ1) is 26.6. The maximum atomic E-state index is 13.8. The summed E-state index contributed by atoms with van der Waals surface area (Å²) in [4.78, 5) is 31.9. The van der Waals surface area contributed by atoms with Crippen molar-refractivity contribution in [1.82, 2.24) is 5.48 Å². The predicted octanol–water partition coefficient (Wildman–Crippen LogP) is 4.04. The third-order valence-electron chi connectivity index (χ3n) is 6.06. The van der Waals surface area contributed by atoms with Gasteiger partial charge in [0.25, 0.3) is 5.91 Å². The number of benzene rings is 2. The Morgan fingerprint density at radius 3 is 2.53 bits per heavy atom. The van der Waals surface area contributed by atoms with Gasteiger partial charge >= 0.3 is 5.91 Å². The van der Waals surface area contributed by atoms with E-state index in [-0.39, 0.29) is 16.6 Å². The van der Waals surface area contributed by atoms with Crippen molar-refractivity contribution in [3.8, 4) is 0 Å². The third-order valence-corrected chi connectivity index (χ3v) is 6.53. The molecule has 0 radical (unpaired) electrons. The van der Waals surface area contributed by atoms with Gasteiger partial charge in [0.1, 0.15) is 6.54 Å². The first-order valence-corrected chi connectivity index (χ1v) is 12.0. The van der Waals surface area contributed by atoms with E-state index < -0.39 is 24.0 Å². The highest BCUT2D eigenvalue weighted by Crippen LogP contribution is 2.36. The van der Waals surface area contributed by atoms with Crippen LogP contribution >= 0.6 is 23.2 Å². The Balaban J connectivity index is 1.99. The van der Waals surface area contributed by atoms with Gasteiger partial charge in [-0.15, -0.1) is 0 Å². The summed E-state index contributed by atoms with van der Waals surface area (Å²) in [6.45, 7) is 6.71. The fraction of sp³-hybridized carbons (Fsp3) is 0.440. The molecule has 3 atom stereocenters. The highest BCUT2D eigenvalue weighted by atomic mass is 35.5. The smallest absolute Gasteiger partial charge is 0.347 e. The van der Waals surface area contributed by atoms with E-state index in [1.807, 2.05) is 26.8 Å². The number of carbonyl (C=O) groups excluding carboxylic acids is 2. The number of carbonyl (C=O) groups is 2. The van der Waals surface area contributed by atoms with Crippen molar-refractivity contribution in [2.24, 2.45) is 5.73 Å². The molecule has 2 amide bonds. The lowest BCUT2D eigenvalue weighted by atomic mass is 10.0. The molecule has 1 heterocycles. The van der Waals surface area contributed by atoms with Crippen LogP contribution in [-0.2, 0) is 27.5 Å². The largest absolute Gasteiger partial charge is 0.375 e. The highest BCUT2D eigenvalue weighted by molar-refractivity contribution is 6.30. The van der Waals surface area contributed by atoms with Crippen LogP contribution in [0.2, 0.25) is 10.0 Å². The van der Waals surface area contributed by atoms with E-state index in [4.69, 9.17) is 33.8 Å². The van der Waals surface area contributed by atoms with Crippen molar-refractivity contribution in [2.75, 3.05) is 6.54 Å². The lowest BCUT2D eigenvalue weighted by Crippen LogP contribution is -2.61. The van der Waals surface area contributed by atoms with E-state index in [2.05, 4.69) is 5.48 Å². The standard InChI is InChI=1S/C25H31Cl2N3O4/c1-25(2,3)34-29-14-17-9-10-20(27)13-18(17)15-30(11-5-8-21(30)23(28)32)24(33)22(31)16-6-4-7-19(26)12-16/h4,6-7,9-10,12-13,21-22,29,31H,5,8,11,14-15H2,1-3H3,(H-,28,32)/p+1/t21-,22+,30?/m0/s1. The number of hydroxylamine groups is 1. The molecular weight excluding hydrogens is 477 g/mol. The molecule has 0 bridgehead atoms. The van der Waals surface area contributed by atoms with E-state index >= 15 is 0 Å². The minimum atomic E-state index is -1.45. The van der Waals surface area contributed by atoms with Crippen molar-refractivity contribution in [2.45, 2.75) is 64.4 Å². The van der Waals surface area contributed by atoms with E-state index in [0.717, 1.165) is 11.1 Å². The number of aliphatic hydroxyl groups is 1. The maximum Gasteiger partial charge on any atom is 0.347 e. The molecule has 7 nitrogen and oxygen atoms in total. The normalized spacial score (nSPS) is 21.4. The van der Waals surface area contributed by atoms with E-state index in [0.29, 0.717) is 41.5 Å². The van der Waals surface area contributed by atoms with Gasteiger partial charge in [-0.25, -0.2) is 9.28 Å². The van der Waals surface area contributed by atoms with Crippen molar-refractivity contribution in [3.05, 3.63) is 69.2 Å². The van der Waals surface area contributed by atoms with Crippen LogP contribution in [0.15, 0.2) is 42.5 Å². The molecule has 0 spiro atoms. The van der Waals surface area contributed by atoms with Crippen molar-refractivity contribution < 1.29 is 24.0 Å². The van der Waals surface area contributed by atoms with Gasteiger partial charge in [0, 0.05) is 35.0 Å². The number of nitrogens with one attached hydrogen (secondary N) is 1. The monoisotopic (exact) mass is 508 g/mol. The van der Waals surface area contributed by atoms with Gasteiger partial charge in [0.05, 0.1) is 12.1 Å². The van der Waals surface area contributed by atoms with Crippen molar-refractivity contribution >= 4 is 35.0 Å². The molecule has 3 rings (SSSR count). The Morgan fingerprint density at radius 2 is 1.88 bits per heavy atom. The molecule has 1 fully saturated rings. The predicted molar refractivity (Wildman–Crippen MR) is 132 cm³/mol. The van der Waals surface area contributed by atoms with Gasteiger partial charge in [-0.1, -0.05) is 41.4 Å². The van der Waals surface area contributed by atoms with Crippen LogP contribution in [0.5, 0.6) is 0 Å². The Hall–Kier alpha value is -2.00. The van der Waals surface area contributed by atoms with Crippen LogP contribution in [0.25, 0.3) is 0 Å². The highest BCUT2D eigenvalue weighted by Gasteiger charge is 2.53. The Bertz CT molecular complexity index is 1060. The van der Waals surface area contributed by atoms with Gasteiger partial charge < -0.3 is 10.8 Å². The van der Waals surface area contributed by atoms with Gasteiger partial charge in [-0.05, 0) is 56.2 Å². The summed E-state index contributed by atoms with van der Waals surface area (Å²) in [5.74, 6) is -1.06. The fourth-order valence-corrected chi connectivity index (χ4v) is 4.89. The van der Waals surface area contributed by atoms with Crippen LogP contribution < -0.4 is 11.2 Å². The van der Waals surface area contributed by atoms with Crippen LogP contribution in [0.3, 0.4) is 0 Å². The number of hydrogen-bond donors (Lipinski definition) is 3. The zero-order valence-electron chi connectivity index (χ0n) is 19.7. The number of aliphatic hydroxyl groups excluding tert-OH is 1. The second kappa shape index (κ2) is 10.7. The number of rotatable bonds is 8. The van der Waals surface area contributed by atoms with Gasteiger partial charge in [-0.3, -0.25) is 9.63 Å². The molecule has 0 saturated carbocycles. The number of halogens is 2. The molecule has 4 N–H and O–H groups in total. The van der Waals surface area contributed by atoms with Crippen molar-refractivity contribution in [3.63, 3.8) is 0 Å². The molecule has 1 aliphatic rings. The summed E-state index contributed by atoms with van der Waals surface area (Å²) >= 11 is 12.4. The molecular formula is C25H32Cl2N3O4+.